The zero-order valence-corrected chi connectivity index (χ0v) is 11.3. The minimum atomic E-state index is -2.89. The molecule has 1 aromatic rings. The molecule has 1 aliphatic heterocycles. The fraction of sp³-hybridized carbons (Fsp3) is 0.538. The summed E-state index contributed by atoms with van der Waals surface area (Å²) >= 11 is 0. The lowest BCUT2D eigenvalue weighted by Crippen LogP contribution is -2.17. The van der Waals surface area contributed by atoms with Gasteiger partial charge >= 0.3 is 0 Å². The molecule has 0 amide bonds. The van der Waals surface area contributed by atoms with Crippen molar-refractivity contribution in [1.29, 1.82) is 0 Å². The summed E-state index contributed by atoms with van der Waals surface area (Å²) in [5.41, 5.74) is 7.00. The van der Waals surface area contributed by atoms with Crippen LogP contribution in [-0.2, 0) is 9.84 Å². The van der Waals surface area contributed by atoms with Crippen molar-refractivity contribution in [3.05, 3.63) is 29.8 Å². The Balaban J connectivity index is 1.99. The van der Waals surface area contributed by atoms with Crippen LogP contribution in [0.5, 0.6) is 5.75 Å². The molecule has 1 saturated heterocycles. The number of sulfone groups is 1. The van der Waals surface area contributed by atoms with Crippen LogP contribution in [-0.4, -0.2) is 26.0 Å². The van der Waals surface area contributed by atoms with E-state index in [1.807, 2.05) is 31.2 Å². The lowest BCUT2D eigenvalue weighted by molar-refractivity contribution is 0.229. The second kappa shape index (κ2) is 5.28. The van der Waals surface area contributed by atoms with Gasteiger partial charge in [-0.1, -0.05) is 19.1 Å². The van der Waals surface area contributed by atoms with E-state index in [1.165, 1.54) is 0 Å². The van der Waals surface area contributed by atoms with Crippen LogP contribution in [0.1, 0.15) is 31.4 Å². The van der Waals surface area contributed by atoms with Gasteiger partial charge < -0.3 is 10.5 Å². The number of rotatable bonds is 4. The molecule has 5 heteroatoms. The SMILES string of the molecule is CCC(N)c1ccc(OC2CCS(=O)(=O)C2)cc1. The van der Waals surface area contributed by atoms with Crippen molar-refractivity contribution < 1.29 is 13.2 Å². The van der Waals surface area contributed by atoms with Gasteiger partial charge in [0.1, 0.15) is 11.9 Å². The average molecular weight is 269 g/mol. The van der Waals surface area contributed by atoms with Gasteiger partial charge in [-0.05, 0) is 30.5 Å². The molecule has 2 atom stereocenters. The first-order valence-corrected chi connectivity index (χ1v) is 8.05. The van der Waals surface area contributed by atoms with Crippen molar-refractivity contribution in [3.63, 3.8) is 0 Å². The smallest absolute Gasteiger partial charge is 0.154 e. The van der Waals surface area contributed by atoms with Crippen LogP contribution in [0.2, 0.25) is 0 Å². The van der Waals surface area contributed by atoms with Crippen molar-refractivity contribution in [2.24, 2.45) is 5.73 Å². The minimum Gasteiger partial charge on any atom is -0.489 e. The summed E-state index contributed by atoms with van der Waals surface area (Å²) in [4.78, 5) is 0. The van der Waals surface area contributed by atoms with E-state index in [4.69, 9.17) is 10.5 Å². The van der Waals surface area contributed by atoms with Crippen molar-refractivity contribution in [2.45, 2.75) is 31.9 Å². The number of nitrogens with two attached hydrogens (primary N) is 1. The summed E-state index contributed by atoms with van der Waals surface area (Å²) < 4.78 is 28.3. The van der Waals surface area contributed by atoms with E-state index in [9.17, 15) is 8.42 Å². The van der Waals surface area contributed by atoms with Gasteiger partial charge in [0.05, 0.1) is 11.5 Å². The Bertz CT molecular complexity index is 495. The number of hydrogen-bond acceptors (Lipinski definition) is 4. The van der Waals surface area contributed by atoms with Gasteiger partial charge in [-0.15, -0.1) is 0 Å². The van der Waals surface area contributed by atoms with Gasteiger partial charge in [0, 0.05) is 6.04 Å². The summed E-state index contributed by atoms with van der Waals surface area (Å²) in [5, 5.41) is 0. The largest absolute Gasteiger partial charge is 0.489 e. The van der Waals surface area contributed by atoms with E-state index >= 15 is 0 Å². The Labute approximate surface area is 108 Å². The fourth-order valence-electron chi connectivity index (χ4n) is 2.08. The van der Waals surface area contributed by atoms with Gasteiger partial charge in [0.15, 0.2) is 9.84 Å². The molecule has 2 rings (SSSR count). The third-order valence-electron chi connectivity index (χ3n) is 3.24. The number of hydrogen-bond donors (Lipinski definition) is 1. The van der Waals surface area contributed by atoms with Crippen LogP contribution in [0.15, 0.2) is 24.3 Å². The predicted octanol–water partition coefficient (Wildman–Crippen LogP) is 1.66. The van der Waals surface area contributed by atoms with Crippen LogP contribution < -0.4 is 10.5 Å². The maximum Gasteiger partial charge on any atom is 0.154 e. The maximum absolute atomic E-state index is 11.3. The molecule has 100 valence electrons. The van der Waals surface area contributed by atoms with Gasteiger partial charge in [0.25, 0.3) is 0 Å². The molecule has 0 bridgehead atoms. The molecule has 0 aliphatic carbocycles. The first-order chi connectivity index (χ1) is 8.50. The van der Waals surface area contributed by atoms with E-state index in [0.717, 1.165) is 12.0 Å². The number of ether oxygens (including phenoxy) is 1. The quantitative estimate of drug-likeness (QED) is 0.902. The molecule has 1 fully saturated rings. The third-order valence-corrected chi connectivity index (χ3v) is 4.98. The third kappa shape index (κ3) is 3.23. The highest BCUT2D eigenvalue weighted by atomic mass is 32.2. The van der Waals surface area contributed by atoms with Crippen molar-refractivity contribution >= 4 is 9.84 Å². The standard InChI is InChI=1S/C13H19NO3S/c1-2-13(14)10-3-5-11(6-4-10)17-12-7-8-18(15,16)9-12/h3-6,12-13H,2,7-9,14H2,1H3. The van der Waals surface area contributed by atoms with Crippen LogP contribution in [0.4, 0.5) is 0 Å². The molecule has 2 unspecified atom stereocenters. The van der Waals surface area contributed by atoms with Crippen molar-refractivity contribution in [1.82, 2.24) is 0 Å². The number of benzene rings is 1. The topological polar surface area (TPSA) is 69.4 Å². The summed E-state index contributed by atoms with van der Waals surface area (Å²) in [5.74, 6) is 1.07. The predicted molar refractivity (Wildman–Crippen MR) is 71.3 cm³/mol. The van der Waals surface area contributed by atoms with Gasteiger partial charge in [-0.25, -0.2) is 8.42 Å². The van der Waals surface area contributed by atoms with Crippen molar-refractivity contribution in [3.8, 4) is 5.75 Å². The molecule has 0 spiro atoms. The zero-order valence-electron chi connectivity index (χ0n) is 10.5. The van der Waals surface area contributed by atoms with E-state index < -0.39 is 9.84 Å². The Morgan fingerprint density at radius 1 is 1.39 bits per heavy atom. The molecular weight excluding hydrogens is 250 g/mol. The maximum atomic E-state index is 11.3. The monoisotopic (exact) mass is 269 g/mol. The molecule has 2 N–H and O–H groups in total. The molecule has 1 aliphatic rings. The molecule has 1 aromatic carbocycles. The highest BCUT2D eigenvalue weighted by molar-refractivity contribution is 7.91. The first kappa shape index (κ1) is 13.4. The highest BCUT2D eigenvalue weighted by Gasteiger charge is 2.29. The summed E-state index contributed by atoms with van der Waals surface area (Å²) in [6.45, 7) is 2.04. The zero-order chi connectivity index (χ0) is 13.2. The Kier molecular flexibility index (Phi) is 3.92. The second-order valence-electron chi connectivity index (χ2n) is 4.73. The molecule has 4 nitrogen and oxygen atoms in total. The van der Waals surface area contributed by atoms with Gasteiger partial charge in [-0.3, -0.25) is 0 Å². The summed E-state index contributed by atoms with van der Waals surface area (Å²) in [6, 6.07) is 7.64. The lowest BCUT2D eigenvalue weighted by atomic mass is 10.1. The molecule has 0 radical (unpaired) electrons. The van der Waals surface area contributed by atoms with Gasteiger partial charge in [0.2, 0.25) is 0 Å². The van der Waals surface area contributed by atoms with Crippen LogP contribution in [0.3, 0.4) is 0 Å². The van der Waals surface area contributed by atoms with E-state index in [-0.39, 0.29) is 23.7 Å². The Morgan fingerprint density at radius 3 is 2.56 bits per heavy atom. The van der Waals surface area contributed by atoms with Crippen LogP contribution >= 0.6 is 0 Å². The molecule has 1 heterocycles. The minimum absolute atomic E-state index is 0.0471. The second-order valence-corrected chi connectivity index (χ2v) is 6.96. The fourth-order valence-corrected chi connectivity index (χ4v) is 3.67. The van der Waals surface area contributed by atoms with E-state index in [2.05, 4.69) is 0 Å². The molecule has 0 saturated carbocycles. The lowest BCUT2D eigenvalue weighted by Gasteiger charge is -2.14. The molecule has 18 heavy (non-hydrogen) atoms. The normalized spacial score (nSPS) is 23.8. The molecular formula is C13H19NO3S. The highest BCUT2D eigenvalue weighted by Crippen LogP contribution is 2.22. The van der Waals surface area contributed by atoms with Crippen molar-refractivity contribution in [2.75, 3.05) is 11.5 Å². The Morgan fingerprint density at radius 2 is 2.06 bits per heavy atom. The first-order valence-electron chi connectivity index (χ1n) is 6.23. The summed E-state index contributed by atoms with van der Waals surface area (Å²) in [7, 11) is -2.89. The Hall–Kier alpha value is -1.07. The van der Waals surface area contributed by atoms with E-state index in [0.29, 0.717) is 12.2 Å². The average Bonchev–Trinajstić information content (AvgIpc) is 2.68. The van der Waals surface area contributed by atoms with Gasteiger partial charge in [-0.2, -0.15) is 0 Å². The van der Waals surface area contributed by atoms with E-state index in [1.54, 1.807) is 0 Å². The van der Waals surface area contributed by atoms with Crippen LogP contribution in [0.25, 0.3) is 0 Å². The molecule has 0 aromatic heterocycles. The summed E-state index contributed by atoms with van der Waals surface area (Å²) in [6.07, 6.45) is 1.26. The van der Waals surface area contributed by atoms with Crippen LogP contribution in [0, 0.1) is 0 Å².